The number of carbonyl (C=O) groups excluding carboxylic acids is 1. The molecule has 74 valence electrons. The smallest absolute Gasteiger partial charge is 0.323 e. The van der Waals surface area contributed by atoms with Gasteiger partial charge in [0.1, 0.15) is 0 Å². The minimum absolute atomic E-state index is 0.517. The molecule has 13 heavy (non-hydrogen) atoms. The van der Waals surface area contributed by atoms with E-state index in [0.29, 0.717) is 0 Å². The Morgan fingerprint density at radius 1 is 1.62 bits per heavy atom. The first kappa shape index (κ1) is 9.98. The van der Waals surface area contributed by atoms with Crippen LogP contribution in [0.2, 0.25) is 0 Å². The zero-order valence-corrected chi connectivity index (χ0v) is 7.80. The first-order valence-corrected chi connectivity index (χ1v) is 4.48. The molecule has 1 aliphatic heterocycles. The summed E-state index contributed by atoms with van der Waals surface area (Å²) < 4.78 is 0. The molecule has 0 aliphatic carbocycles. The van der Waals surface area contributed by atoms with E-state index < -0.39 is 6.09 Å². The second-order valence-corrected chi connectivity index (χ2v) is 2.92. The Bertz CT molecular complexity index is 194. The number of nitrogens with zero attached hydrogens (tertiary/aromatic N) is 1. The molecule has 0 bridgehead atoms. The third kappa shape index (κ3) is 3.89. The van der Waals surface area contributed by atoms with Crippen molar-refractivity contribution in [2.45, 2.75) is 19.3 Å². The fourth-order valence-corrected chi connectivity index (χ4v) is 1.13. The predicted molar refractivity (Wildman–Crippen MR) is 49.7 cm³/mol. The SMILES string of the molecule is CNC(=O)ON=C1CCCCNC1. The van der Waals surface area contributed by atoms with Gasteiger partial charge in [-0.3, -0.25) is 4.84 Å². The van der Waals surface area contributed by atoms with E-state index in [1.807, 2.05) is 0 Å². The van der Waals surface area contributed by atoms with Crippen LogP contribution >= 0.6 is 0 Å². The van der Waals surface area contributed by atoms with Crippen molar-refractivity contribution in [3.05, 3.63) is 0 Å². The van der Waals surface area contributed by atoms with Crippen LogP contribution in [0.1, 0.15) is 19.3 Å². The summed E-state index contributed by atoms with van der Waals surface area (Å²) in [5.74, 6) is 0. The third-order valence-corrected chi connectivity index (χ3v) is 1.86. The van der Waals surface area contributed by atoms with E-state index >= 15 is 0 Å². The van der Waals surface area contributed by atoms with Crippen LogP contribution in [-0.4, -0.2) is 31.9 Å². The average molecular weight is 185 g/mol. The fourth-order valence-electron chi connectivity index (χ4n) is 1.13. The molecule has 0 unspecified atom stereocenters. The summed E-state index contributed by atoms with van der Waals surface area (Å²) in [6.07, 6.45) is 2.64. The van der Waals surface area contributed by atoms with Gasteiger partial charge in [-0.1, -0.05) is 5.16 Å². The highest BCUT2D eigenvalue weighted by molar-refractivity contribution is 5.86. The van der Waals surface area contributed by atoms with Crippen LogP contribution in [0.4, 0.5) is 4.79 Å². The Hall–Kier alpha value is -1.10. The minimum Gasteiger partial charge on any atom is -0.323 e. The molecule has 2 N–H and O–H groups in total. The van der Waals surface area contributed by atoms with Gasteiger partial charge < -0.3 is 10.6 Å². The van der Waals surface area contributed by atoms with Gasteiger partial charge in [-0.05, 0) is 25.8 Å². The average Bonchev–Trinajstić information content (AvgIpc) is 2.42. The third-order valence-electron chi connectivity index (χ3n) is 1.86. The molecular formula is C8H15N3O2. The summed E-state index contributed by atoms with van der Waals surface area (Å²) in [6.45, 7) is 1.73. The standard InChI is InChI=1S/C8H15N3O2/c1-9-8(12)13-11-7-4-2-3-5-10-6-7/h10H,2-6H2,1H3,(H,9,12). The van der Waals surface area contributed by atoms with Crippen molar-refractivity contribution in [2.75, 3.05) is 20.1 Å². The van der Waals surface area contributed by atoms with Crippen molar-refractivity contribution in [2.24, 2.45) is 5.16 Å². The number of hydrogen-bond donors (Lipinski definition) is 2. The first-order valence-electron chi connectivity index (χ1n) is 4.48. The molecule has 0 aromatic carbocycles. The van der Waals surface area contributed by atoms with Crippen LogP contribution < -0.4 is 10.6 Å². The molecule has 0 saturated carbocycles. The number of rotatable bonds is 1. The summed E-state index contributed by atoms with van der Waals surface area (Å²) in [4.78, 5) is 15.3. The molecule has 0 aromatic rings. The minimum atomic E-state index is -0.517. The van der Waals surface area contributed by atoms with Crippen LogP contribution in [0.5, 0.6) is 0 Å². The lowest BCUT2D eigenvalue weighted by Gasteiger charge is -2.00. The van der Waals surface area contributed by atoms with Gasteiger partial charge in [0.25, 0.3) is 0 Å². The Kier molecular flexibility index (Phi) is 4.25. The lowest BCUT2D eigenvalue weighted by Crippen LogP contribution is -2.22. The zero-order chi connectivity index (χ0) is 9.52. The molecule has 1 saturated heterocycles. The highest BCUT2D eigenvalue weighted by Gasteiger charge is 2.06. The van der Waals surface area contributed by atoms with Gasteiger partial charge in [-0.25, -0.2) is 4.79 Å². The summed E-state index contributed by atoms with van der Waals surface area (Å²) in [5.41, 5.74) is 0.904. The molecule has 5 nitrogen and oxygen atoms in total. The second-order valence-electron chi connectivity index (χ2n) is 2.92. The molecule has 1 rings (SSSR count). The van der Waals surface area contributed by atoms with Crippen molar-refractivity contribution >= 4 is 11.8 Å². The highest BCUT2D eigenvalue weighted by atomic mass is 16.7. The quantitative estimate of drug-likeness (QED) is 0.461. The Balaban J connectivity index is 2.34. The maximum atomic E-state index is 10.7. The lowest BCUT2D eigenvalue weighted by atomic mass is 10.2. The van der Waals surface area contributed by atoms with Crippen molar-refractivity contribution in [1.82, 2.24) is 10.6 Å². The maximum absolute atomic E-state index is 10.7. The van der Waals surface area contributed by atoms with Crippen molar-refractivity contribution < 1.29 is 9.63 Å². The second kappa shape index (κ2) is 5.53. The number of oxime groups is 1. The molecule has 0 aromatic heterocycles. The van der Waals surface area contributed by atoms with E-state index in [1.165, 1.54) is 7.05 Å². The first-order chi connectivity index (χ1) is 6.33. The summed E-state index contributed by atoms with van der Waals surface area (Å²) >= 11 is 0. The van der Waals surface area contributed by atoms with Crippen molar-refractivity contribution in [3.63, 3.8) is 0 Å². The molecule has 1 heterocycles. The Labute approximate surface area is 77.5 Å². The normalized spacial score (nSPS) is 20.8. The topological polar surface area (TPSA) is 62.7 Å². The van der Waals surface area contributed by atoms with E-state index in [2.05, 4.69) is 20.6 Å². The predicted octanol–water partition coefficient (Wildman–Crippen LogP) is 0.472. The van der Waals surface area contributed by atoms with Gasteiger partial charge in [0.2, 0.25) is 0 Å². The number of hydrogen-bond acceptors (Lipinski definition) is 4. The largest absolute Gasteiger partial charge is 0.433 e. The molecular weight excluding hydrogens is 170 g/mol. The fraction of sp³-hybridized carbons (Fsp3) is 0.750. The molecule has 1 aliphatic rings. The monoisotopic (exact) mass is 185 g/mol. The van der Waals surface area contributed by atoms with E-state index in [4.69, 9.17) is 0 Å². The van der Waals surface area contributed by atoms with Gasteiger partial charge in [0, 0.05) is 13.6 Å². The van der Waals surface area contributed by atoms with E-state index in [1.54, 1.807) is 0 Å². The number of carbonyl (C=O) groups is 1. The molecule has 1 amide bonds. The van der Waals surface area contributed by atoms with Gasteiger partial charge in [-0.2, -0.15) is 0 Å². The van der Waals surface area contributed by atoms with Gasteiger partial charge >= 0.3 is 6.09 Å². The van der Waals surface area contributed by atoms with Crippen LogP contribution in [0, 0.1) is 0 Å². The van der Waals surface area contributed by atoms with Crippen LogP contribution in [0.25, 0.3) is 0 Å². The van der Waals surface area contributed by atoms with E-state index in [0.717, 1.165) is 38.1 Å². The summed E-state index contributed by atoms with van der Waals surface area (Å²) in [7, 11) is 1.51. The molecule has 1 fully saturated rings. The van der Waals surface area contributed by atoms with Crippen LogP contribution in [0.3, 0.4) is 0 Å². The van der Waals surface area contributed by atoms with Gasteiger partial charge in [-0.15, -0.1) is 0 Å². The van der Waals surface area contributed by atoms with Crippen molar-refractivity contribution in [3.8, 4) is 0 Å². The Morgan fingerprint density at radius 2 is 2.46 bits per heavy atom. The number of amides is 1. The molecule has 0 atom stereocenters. The maximum Gasteiger partial charge on any atom is 0.433 e. The van der Waals surface area contributed by atoms with Crippen LogP contribution in [0.15, 0.2) is 5.16 Å². The summed E-state index contributed by atoms with van der Waals surface area (Å²) in [5, 5.41) is 9.28. The summed E-state index contributed by atoms with van der Waals surface area (Å²) in [6, 6.07) is 0. The lowest BCUT2D eigenvalue weighted by molar-refractivity contribution is 0.152. The Morgan fingerprint density at radius 3 is 3.23 bits per heavy atom. The van der Waals surface area contributed by atoms with E-state index in [-0.39, 0.29) is 0 Å². The molecule has 0 radical (unpaired) electrons. The van der Waals surface area contributed by atoms with Gasteiger partial charge in [0.15, 0.2) is 0 Å². The highest BCUT2D eigenvalue weighted by Crippen LogP contribution is 2.01. The molecule has 0 spiro atoms. The van der Waals surface area contributed by atoms with Crippen molar-refractivity contribution in [1.29, 1.82) is 0 Å². The molecule has 5 heteroatoms. The van der Waals surface area contributed by atoms with E-state index in [9.17, 15) is 4.79 Å². The van der Waals surface area contributed by atoms with Gasteiger partial charge in [0.05, 0.1) is 5.71 Å². The van der Waals surface area contributed by atoms with Crippen LogP contribution in [-0.2, 0) is 4.84 Å². The number of nitrogens with one attached hydrogen (secondary N) is 2. The zero-order valence-electron chi connectivity index (χ0n) is 7.80.